The number of carbonyl (C=O) groups is 1. The predicted octanol–water partition coefficient (Wildman–Crippen LogP) is -0.353. The first-order valence-corrected chi connectivity index (χ1v) is 8.74. The predicted molar refractivity (Wildman–Crippen MR) is 87.9 cm³/mol. The molecular formula is C15H26N2O5S. The van der Waals surface area contributed by atoms with E-state index < -0.39 is 16.1 Å². The number of allylic oxidation sites excluding steroid dienone is 2. The maximum Gasteiger partial charge on any atom is 0.264 e. The van der Waals surface area contributed by atoms with Crippen molar-refractivity contribution in [2.24, 2.45) is 0 Å². The van der Waals surface area contributed by atoms with E-state index in [1.54, 1.807) is 27.2 Å². The molecule has 0 aliphatic carbocycles. The third-order valence-electron chi connectivity index (χ3n) is 2.74. The highest BCUT2D eigenvalue weighted by Gasteiger charge is 2.12. The van der Waals surface area contributed by atoms with Crippen molar-refractivity contribution in [1.29, 1.82) is 0 Å². The molecule has 23 heavy (non-hydrogen) atoms. The first-order valence-electron chi connectivity index (χ1n) is 7.13. The maximum absolute atomic E-state index is 10.5. The molecule has 0 fully saturated rings. The molecule has 1 aliphatic rings. The van der Waals surface area contributed by atoms with Crippen LogP contribution in [0.15, 0.2) is 37.1 Å². The standard InChI is InChI=1S/C10H15NO3S.C5H11NO2/c1-2-10-6-3-4-7-11(10)8-5-9-15(12,13)14;1-6(2,3)4-5(7)8/h2-4,6-7,10H,1,5,8-9H2,(H,12,13,14);4H2,1-3H3. The number of hydrogen-bond acceptors (Lipinski definition) is 5. The monoisotopic (exact) mass is 346 g/mol. The van der Waals surface area contributed by atoms with Crippen molar-refractivity contribution in [1.82, 2.24) is 4.90 Å². The average molecular weight is 346 g/mol. The number of likely N-dealkylation sites (N-methyl/N-ethyl adjacent to an activating group) is 1. The second-order valence-electron chi connectivity index (χ2n) is 6.15. The minimum absolute atomic E-state index is 0.0694. The lowest BCUT2D eigenvalue weighted by molar-refractivity contribution is -0.864. The molecule has 0 aromatic heterocycles. The highest BCUT2D eigenvalue weighted by molar-refractivity contribution is 7.85. The van der Waals surface area contributed by atoms with Gasteiger partial charge in [-0.25, -0.2) is 0 Å². The van der Waals surface area contributed by atoms with E-state index in [4.69, 9.17) is 4.55 Å². The molecule has 0 radical (unpaired) electrons. The van der Waals surface area contributed by atoms with Crippen LogP contribution in [0.25, 0.3) is 0 Å². The van der Waals surface area contributed by atoms with Crippen LogP contribution < -0.4 is 5.11 Å². The molecule has 0 aromatic carbocycles. The summed E-state index contributed by atoms with van der Waals surface area (Å²) in [6, 6.07) is 0.108. The highest BCUT2D eigenvalue weighted by Crippen LogP contribution is 2.09. The van der Waals surface area contributed by atoms with E-state index in [2.05, 4.69) is 6.58 Å². The van der Waals surface area contributed by atoms with E-state index in [9.17, 15) is 18.3 Å². The van der Waals surface area contributed by atoms with Gasteiger partial charge in [0.1, 0.15) is 6.54 Å². The van der Waals surface area contributed by atoms with E-state index >= 15 is 0 Å². The van der Waals surface area contributed by atoms with Crippen molar-refractivity contribution >= 4 is 16.1 Å². The summed E-state index contributed by atoms with van der Waals surface area (Å²) in [6.07, 6.45) is 9.85. The maximum atomic E-state index is 10.5. The smallest absolute Gasteiger partial charge is 0.264 e. The number of carboxylic acids is 1. The number of hydrogen-bond donors (Lipinski definition) is 1. The first-order chi connectivity index (χ1) is 10.4. The molecule has 8 heteroatoms. The Morgan fingerprint density at radius 2 is 2.00 bits per heavy atom. The Morgan fingerprint density at radius 1 is 1.39 bits per heavy atom. The van der Waals surface area contributed by atoms with Gasteiger partial charge in [-0.3, -0.25) is 4.55 Å². The van der Waals surface area contributed by atoms with Crippen molar-refractivity contribution in [3.05, 3.63) is 37.1 Å². The van der Waals surface area contributed by atoms with Crippen molar-refractivity contribution in [2.45, 2.75) is 12.5 Å². The van der Waals surface area contributed by atoms with Gasteiger partial charge in [0.15, 0.2) is 0 Å². The number of quaternary nitrogens is 1. The van der Waals surface area contributed by atoms with Gasteiger partial charge in [0.2, 0.25) is 0 Å². The van der Waals surface area contributed by atoms with Gasteiger partial charge in [-0.15, -0.1) is 6.58 Å². The molecule has 0 saturated carbocycles. The largest absolute Gasteiger partial charge is 0.544 e. The van der Waals surface area contributed by atoms with Crippen LogP contribution in [0.1, 0.15) is 6.42 Å². The molecule has 0 spiro atoms. The van der Waals surface area contributed by atoms with Crippen molar-refractivity contribution in [3.63, 3.8) is 0 Å². The van der Waals surface area contributed by atoms with Gasteiger partial charge >= 0.3 is 0 Å². The van der Waals surface area contributed by atoms with Crippen molar-refractivity contribution in [3.8, 4) is 0 Å². The number of nitrogens with zero attached hydrogens (tertiary/aromatic N) is 2. The fourth-order valence-corrected chi connectivity index (χ4v) is 2.30. The van der Waals surface area contributed by atoms with Crippen LogP contribution in [0.2, 0.25) is 0 Å². The molecule has 132 valence electrons. The second-order valence-corrected chi connectivity index (χ2v) is 7.72. The molecule has 1 unspecified atom stereocenters. The third kappa shape index (κ3) is 12.6. The fourth-order valence-electron chi connectivity index (χ4n) is 1.80. The van der Waals surface area contributed by atoms with E-state index in [-0.39, 0.29) is 18.3 Å². The summed E-state index contributed by atoms with van der Waals surface area (Å²) in [5.41, 5.74) is 0. The quantitative estimate of drug-likeness (QED) is 0.384. The van der Waals surface area contributed by atoms with E-state index in [1.165, 1.54) is 0 Å². The normalized spacial score (nSPS) is 17.4. The molecule has 0 saturated heterocycles. The number of carboxylic acid groups (broad SMARTS) is 1. The van der Waals surface area contributed by atoms with Crippen LogP contribution in [0, 0.1) is 0 Å². The highest BCUT2D eigenvalue weighted by atomic mass is 32.2. The molecule has 0 amide bonds. The van der Waals surface area contributed by atoms with E-state index in [0.717, 1.165) is 0 Å². The zero-order chi connectivity index (χ0) is 18.1. The lowest BCUT2D eigenvalue weighted by atomic mass is 10.2. The van der Waals surface area contributed by atoms with Crippen molar-refractivity contribution in [2.75, 3.05) is 40.0 Å². The van der Waals surface area contributed by atoms with Gasteiger partial charge in [-0.1, -0.05) is 18.2 Å². The Bertz CT molecular complexity index is 547. The number of carbonyl (C=O) groups excluding carboxylic acids is 1. The Labute approximate surface area is 138 Å². The van der Waals surface area contributed by atoms with Gasteiger partial charge in [0, 0.05) is 6.54 Å². The van der Waals surface area contributed by atoms with Crippen LogP contribution in [-0.4, -0.2) is 74.4 Å². The lowest BCUT2D eigenvalue weighted by Crippen LogP contribution is -2.45. The summed E-state index contributed by atoms with van der Waals surface area (Å²) in [5.74, 6) is -1.21. The average Bonchev–Trinajstić information content (AvgIpc) is 2.35. The summed E-state index contributed by atoms with van der Waals surface area (Å²) in [6.45, 7) is 4.35. The Morgan fingerprint density at radius 3 is 2.39 bits per heavy atom. The number of aliphatic carboxylic acids is 1. The van der Waals surface area contributed by atoms with Crippen molar-refractivity contribution < 1.29 is 27.4 Å². The molecule has 0 aromatic rings. The molecule has 7 nitrogen and oxygen atoms in total. The molecule has 1 N–H and O–H groups in total. The Balaban J connectivity index is 0.000000515. The summed E-state index contributed by atoms with van der Waals surface area (Å²) >= 11 is 0. The minimum atomic E-state index is -3.84. The Kier molecular flexibility index (Phi) is 8.81. The third-order valence-corrected chi connectivity index (χ3v) is 3.55. The summed E-state index contributed by atoms with van der Waals surface area (Å²) in [4.78, 5) is 11.9. The van der Waals surface area contributed by atoms with Crippen LogP contribution in [0.4, 0.5) is 0 Å². The van der Waals surface area contributed by atoms with Gasteiger partial charge in [-0.2, -0.15) is 8.42 Å². The second kappa shape index (κ2) is 9.49. The molecule has 1 aliphatic heterocycles. The van der Waals surface area contributed by atoms with Gasteiger partial charge < -0.3 is 19.3 Å². The van der Waals surface area contributed by atoms with Gasteiger partial charge in [0.05, 0.1) is 38.9 Å². The SMILES string of the molecule is C=CC1C=CC=CN1CCCS(=O)(=O)O.C[N+](C)(C)CC(=O)[O-]. The zero-order valence-corrected chi connectivity index (χ0v) is 14.7. The lowest BCUT2D eigenvalue weighted by Gasteiger charge is -2.27. The topological polar surface area (TPSA) is 97.7 Å². The van der Waals surface area contributed by atoms with Crippen LogP contribution in [0.5, 0.6) is 0 Å². The number of rotatable bonds is 7. The van der Waals surface area contributed by atoms with Gasteiger partial charge in [-0.05, 0) is 18.7 Å². The summed E-state index contributed by atoms with van der Waals surface area (Å²) in [5, 5.41) is 9.89. The summed E-state index contributed by atoms with van der Waals surface area (Å²) in [7, 11) is 1.56. The molecule has 1 atom stereocenters. The van der Waals surface area contributed by atoms with E-state index in [0.29, 0.717) is 17.4 Å². The Hall–Kier alpha value is -1.64. The molecular weight excluding hydrogens is 320 g/mol. The fraction of sp³-hybridized carbons (Fsp3) is 0.533. The molecule has 1 heterocycles. The first kappa shape index (κ1) is 21.4. The van der Waals surface area contributed by atoms with Crippen LogP contribution in [0.3, 0.4) is 0 Å². The zero-order valence-electron chi connectivity index (χ0n) is 13.9. The molecule has 1 rings (SSSR count). The van der Waals surface area contributed by atoms with E-state index in [1.807, 2.05) is 29.3 Å². The summed E-state index contributed by atoms with van der Waals surface area (Å²) < 4.78 is 30.0. The van der Waals surface area contributed by atoms with Crippen LogP contribution >= 0.6 is 0 Å². The van der Waals surface area contributed by atoms with Gasteiger partial charge in [0.25, 0.3) is 10.1 Å². The van der Waals surface area contributed by atoms with Crippen LogP contribution in [-0.2, 0) is 14.9 Å². The molecule has 0 bridgehead atoms. The minimum Gasteiger partial charge on any atom is -0.544 e.